The highest BCUT2D eigenvalue weighted by Crippen LogP contribution is 2.40. The summed E-state index contributed by atoms with van der Waals surface area (Å²) < 4.78 is 18.8. The second-order valence-corrected chi connectivity index (χ2v) is 21.6. The normalized spacial score (nSPS) is 15.6. The summed E-state index contributed by atoms with van der Waals surface area (Å²) >= 11 is 0. The highest BCUT2D eigenvalue weighted by atomic mass is 28.4. The van der Waals surface area contributed by atoms with E-state index in [9.17, 15) is 4.79 Å². The molecule has 0 N–H and O–H groups in total. The van der Waals surface area contributed by atoms with E-state index in [0.717, 1.165) is 25.7 Å². The Kier molecular flexibility index (Phi) is 12.8. The summed E-state index contributed by atoms with van der Waals surface area (Å²) in [6, 6.07) is 0. The van der Waals surface area contributed by atoms with Crippen molar-refractivity contribution in [2.75, 3.05) is 6.61 Å². The van der Waals surface area contributed by atoms with Crippen LogP contribution in [0.5, 0.6) is 0 Å². The number of carbonyl (C=O) groups is 1. The fourth-order valence-corrected chi connectivity index (χ4v) is 5.87. The van der Waals surface area contributed by atoms with Gasteiger partial charge in [0, 0.05) is 18.6 Å². The Hall–Kier alpha value is -0.176. The van der Waals surface area contributed by atoms with Crippen molar-refractivity contribution in [1.29, 1.82) is 0 Å². The van der Waals surface area contributed by atoms with Crippen LogP contribution >= 0.6 is 0 Å². The van der Waals surface area contributed by atoms with Gasteiger partial charge in [-0.2, -0.15) is 0 Å². The molecule has 0 aliphatic heterocycles. The van der Waals surface area contributed by atoms with Crippen LogP contribution in [-0.2, 0) is 18.4 Å². The molecule has 0 aromatic rings. The maximum atomic E-state index is 12.0. The molecule has 2 atom stereocenters. The highest BCUT2D eigenvalue weighted by Gasteiger charge is 2.41. The molecule has 0 radical (unpaired) electrons. The lowest BCUT2D eigenvalue weighted by molar-refractivity contribution is -0.143. The first-order valence-electron chi connectivity index (χ1n) is 12.5. The number of rotatable bonds is 14. The van der Waals surface area contributed by atoms with E-state index >= 15 is 0 Å². The molecule has 0 aliphatic rings. The summed E-state index contributed by atoms with van der Waals surface area (Å²) in [6.07, 6.45) is 6.92. The molecule has 4 nitrogen and oxygen atoms in total. The van der Waals surface area contributed by atoms with Crippen LogP contribution in [0.2, 0.25) is 36.3 Å². The molecule has 0 aromatic heterocycles. The third-order valence-corrected chi connectivity index (χ3v) is 16.3. The van der Waals surface area contributed by atoms with Gasteiger partial charge in [-0.05, 0) is 68.9 Å². The average Bonchev–Trinajstić information content (AvgIpc) is 2.59. The van der Waals surface area contributed by atoms with Crippen molar-refractivity contribution >= 4 is 22.6 Å². The van der Waals surface area contributed by atoms with Gasteiger partial charge in [0.2, 0.25) is 0 Å². The van der Waals surface area contributed by atoms with E-state index in [1.165, 1.54) is 12.8 Å². The predicted molar refractivity (Wildman–Crippen MR) is 139 cm³/mol. The Morgan fingerprint density at radius 2 is 1.16 bits per heavy atom. The van der Waals surface area contributed by atoms with Crippen molar-refractivity contribution in [2.24, 2.45) is 0 Å². The molecule has 0 spiro atoms. The second kappa shape index (κ2) is 12.9. The van der Waals surface area contributed by atoms with Gasteiger partial charge < -0.3 is 13.6 Å². The van der Waals surface area contributed by atoms with E-state index in [-0.39, 0.29) is 28.3 Å². The van der Waals surface area contributed by atoms with E-state index in [0.29, 0.717) is 13.0 Å². The summed E-state index contributed by atoms with van der Waals surface area (Å²) in [5.41, 5.74) is 0. The minimum Gasteiger partial charge on any atom is -0.466 e. The Labute approximate surface area is 196 Å². The van der Waals surface area contributed by atoms with Crippen molar-refractivity contribution in [1.82, 2.24) is 0 Å². The number of hydrogen-bond donors (Lipinski definition) is 0. The zero-order chi connectivity index (χ0) is 24.5. The van der Waals surface area contributed by atoms with Gasteiger partial charge in [0.1, 0.15) is 0 Å². The minimum absolute atomic E-state index is 0.0810. The van der Waals surface area contributed by atoms with Crippen molar-refractivity contribution in [3.05, 3.63) is 0 Å². The summed E-state index contributed by atoms with van der Waals surface area (Å²) in [5.74, 6) is -0.119. The van der Waals surface area contributed by atoms with Gasteiger partial charge in [0.25, 0.3) is 0 Å². The van der Waals surface area contributed by atoms with Crippen LogP contribution in [-0.4, -0.2) is 41.4 Å². The first kappa shape index (κ1) is 30.8. The lowest BCUT2D eigenvalue weighted by atomic mass is 10.0. The molecule has 0 aromatic carbocycles. The lowest BCUT2D eigenvalue weighted by Crippen LogP contribution is -2.45. The first-order chi connectivity index (χ1) is 14.0. The third-order valence-electron chi connectivity index (χ3n) is 7.20. The average molecular weight is 475 g/mol. The van der Waals surface area contributed by atoms with Crippen LogP contribution < -0.4 is 0 Å². The molecule has 0 aliphatic carbocycles. The fraction of sp³-hybridized carbons (Fsp3) is 0.960. The van der Waals surface area contributed by atoms with Gasteiger partial charge in [-0.1, -0.05) is 61.3 Å². The largest absolute Gasteiger partial charge is 0.466 e. The Morgan fingerprint density at radius 3 is 1.52 bits per heavy atom. The number of esters is 1. The smallest absolute Gasteiger partial charge is 0.305 e. The maximum Gasteiger partial charge on any atom is 0.305 e. The molecule has 0 fully saturated rings. The zero-order valence-corrected chi connectivity index (χ0v) is 24.9. The molecular weight excluding hydrogens is 420 g/mol. The van der Waals surface area contributed by atoms with E-state index < -0.39 is 16.6 Å². The van der Waals surface area contributed by atoms with Crippen molar-refractivity contribution in [3.63, 3.8) is 0 Å². The molecule has 31 heavy (non-hydrogen) atoms. The fourth-order valence-electron chi connectivity index (χ4n) is 3.03. The van der Waals surface area contributed by atoms with Crippen LogP contribution in [0.1, 0.15) is 100 Å². The third kappa shape index (κ3) is 11.5. The van der Waals surface area contributed by atoms with Crippen LogP contribution in [0.3, 0.4) is 0 Å². The molecule has 0 heterocycles. The summed E-state index contributed by atoms with van der Waals surface area (Å²) in [7, 11) is -3.74. The summed E-state index contributed by atoms with van der Waals surface area (Å²) in [5, 5.41) is 0.354. The molecule has 0 saturated carbocycles. The van der Waals surface area contributed by atoms with Gasteiger partial charge >= 0.3 is 5.97 Å². The van der Waals surface area contributed by atoms with Crippen LogP contribution in [0.4, 0.5) is 0 Å². The Morgan fingerprint density at radius 1 is 0.742 bits per heavy atom. The number of unbranched alkanes of at least 4 members (excludes halogenated alkanes) is 1. The van der Waals surface area contributed by atoms with Gasteiger partial charge in [0.15, 0.2) is 16.6 Å². The van der Waals surface area contributed by atoms with E-state index in [2.05, 4.69) is 74.7 Å². The van der Waals surface area contributed by atoms with E-state index in [4.69, 9.17) is 13.6 Å². The van der Waals surface area contributed by atoms with Crippen molar-refractivity contribution < 1.29 is 18.4 Å². The summed E-state index contributed by atoms with van der Waals surface area (Å²) in [6.45, 7) is 27.5. The van der Waals surface area contributed by atoms with Crippen molar-refractivity contribution in [2.45, 2.75) is 149 Å². The predicted octanol–water partition coefficient (Wildman–Crippen LogP) is 8.08. The standard InChI is InChI=1S/C25H54O4Si2/c1-13-15-16-21(28-30(9,10)24(3,4)5)17-18-22(19-20-23(26)27-14-2)29-31(11,12)25(6,7)8/h21-22H,13-20H2,1-12H3/t21-,22-/m0/s1. The SMILES string of the molecule is CCCC[C@@H](CC[C@@H](CCC(=O)OCC)O[Si](C)(C)C(C)(C)C)O[Si](C)(C)C(C)(C)C. The molecule has 186 valence electrons. The van der Waals surface area contributed by atoms with Crippen LogP contribution in [0, 0.1) is 0 Å². The Bertz CT molecular complexity index is 519. The second-order valence-electron chi connectivity index (χ2n) is 12.1. The van der Waals surface area contributed by atoms with Gasteiger partial charge in [-0.15, -0.1) is 0 Å². The molecule has 0 amide bonds. The van der Waals surface area contributed by atoms with Gasteiger partial charge in [-0.3, -0.25) is 4.79 Å². The lowest BCUT2D eigenvalue weighted by Gasteiger charge is -2.41. The monoisotopic (exact) mass is 474 g/mol. The quantitative estimate of drug-likeness (QED) is 0.188. The number of carbonyl (C=O) groups excluding carboxylic acids is 1. The molecule has 0 saturated heterocycles. The van der Waals surface area contributed by atoms with Crippen LogP contribution in [0.25, 0.3) is 0 Å². The van der Waals surface area contributed by atoms with Crippen LogP contribution in [0.15, 0.2) is 0 Å². The van der Waals surface area contributed by atoms with E-state index in [1.807, 2.05) is 6.92 Å². The number of ether oxygens (including phenoxy) is 1. The highest BCUT2D eigenvalue weighted by molar-refractivity contribution is 6.74. The maximum absolute atomic E-state index is 12.0. The van der Waals surface area contributed by atoms with Gasteiger partial charge in [0.05, 0.1) is 6.61 Å². The number of hydrogen-bond acceptors (Lipinski definition) is 4. The molecule has 0 rings (SSSR count). The Balaban J connectivity index is 5.33. The topological polar surface area (TPSA) is 44.8 Å². The zero-order valence-electron chi connectivity index (χ0n) is 22.9. The molecule has 0 bridgehead atoms. The van der Waals surface area contributed by atoms with E-state index in [1.54, 1.807) is 0 Å². The summed E-state index contributed by atoms with van der Waals surface area (Å²) in [4.78, 5) is 12.0. The minimum atomic E-state index is -1.92. The molecule has 6 heteroatoms. The van der Waals surface area contributed by atoms with Crippen molar-refractivity contribution in [3.8, 4) is 0 Å². The molecular formula is C25H54O4Si2. The molecule has 0 unspecified atom stereocenters. The first-order valence-corrected chi connectivity index (χ1v) is 18.3. The van der Waals surface area contributed by atoms with Gasteiger partial charge in [-0.25, -0.2) is 0 Å².